The molecule has 1 heterocycles. The van der Waals surface area contributed by atoms with Crippen LogP contribution >= 0.6 is 12.2 Å². The van der Waals surface area contributed by atoms with Gasteiger partial charge in [-0.25, -0.2) is 10.6 Å². The average molecular weight is 268 g/mol. The Kier molecular flexibility index (Phi) is 4.57. The first-order valence-corrected chi connectivity index (χ1v) is 5.69. The molecule has 0 saturated heterocycles. The molecule has 1 aromatic heterocycles. The minimum absolute atomic E-state index is 0.332. The minimum atomic E-state index is -0.539. The van der Waals surface area contributed by atoms with E-state index in [9.17, 15) is 4.79 Å². The molecule has 18 heavy (non-hydrogen) atoms. The summed E-state index contributed by atoms with van der Waals surface area (Å²) in [4.78, 5) is 15.9. The number of hydrogen-bond acceptors (Lipinski definition) is 5. The van der Waals surface area contributed by atoms with Gasteiger partial charge in [0.15, 0.2) is 0 Å². The molecule has 0 bridgehead atoms. The third kappa shape index (κ3) is 4.64. The fourth-order valence-corrected chi connectivity index (χ4v) is 1.22. The number of carbonyl (C=O) groups is 1. The number of thiocarbonyl (C=S) groups is 1. The molecule has 0 aliphatic rings. The van der Waals surface area contributed by atoms with E-state index in [0.29, 0.717) is 16.4 Å². The lowest BCUT2D eigenvalue weighted by Gasteiger charge is -2.19. The molecule has 1 amide bonds. The van der Waals surface area contributed by atoms with Gasteiger partial charge in [0.25, 0.3) is 0 Å². The normalized spacial score (nSPS) is 10.7. The quantitative estimate of drug-likeness (QED) is 0.428. The van der Waals surface area contributed by atoms with E-state index in [2.05, 4.69) is 15.7 Å². The Morgan fingerprint density at radius 2 is 2.11 bits per heavy atom. The summed E-state index contributed by atoms with van der Waals surface area (Å²) in [5, 5.41) is 2.56. The number of hydrazine groups is 1. The molecule has 0 aromatic carbocycles. The van der Waals surface area contributed by atoms with Crippen molar-refractivity contribution in [2.24, 2.45) is 5.84 Å². The van der Waals surface area contributed by atoms with Gasteiger partial charge in [0.1, 0.15) is 10.6 Å². The molecule has 6 nitrogen and oxygen atoms in total. The molecule has 0 atom stereocenters. The van der Waals surface area contributed by atoms with Crippen molar-refractivity contribution < 1.29 is 9.53 Å². The second kappa shape index (κ2) is 5.74. The fraction of sp³-hybridized carbons (Fsp3) is 0.364. The van der Waals surface area contributed by atoms with Gasteiger partial charge in [-0.05, 0) is 32.9 Å². The van der Waals surface area contributed by atoms with Crippen LogP contribution in [0.4, 0.5) is 10.5 Å². The number of carbonyl (C=O) groups excluding carboxylic acids is 1. The summed E-state index contributed by atoms with van der Waals surface area (Å²) in [6.07, 6.45) is 0.944. The van der Waals surface area contributed by atoms with Crippen LogP contribution < -0.4 is 16.6 Å². The van der Waals surface area contributed by atoms with E-state index in [1.807, 2.05) is 0 Å². The van der Waals surface area contributed by atoms with Crippen LogP contribution in [0.3, 0.4) is 0 Å². The molecule has 0 radical (unpaired) electrons. The maximum absolute atomic E-state index is 11.5. The predicted molar refractivity (Wildman–Crippen MR) is 73.1 cm³/mol. The van der Waals surface area contributed by atoms with Gasteiger partial charge in [-0.2, -0.15) is 0 Å². The zero-order valence-electron chi connectivity index (χ0n) is 10.5. The Bertz CT molecular complexity index is 439. The number of hydrogen-bond donors (Lipinski definition) is 3. The molecule has 0 unspecified atom stereocenters. The first-order valence-electron chi connectivity index (χ1n) is 5.29. The molecule has 1 rings (SSSR count). The summed E-state index contributed by atoms with van der Waals surface area (Å²) in [5.41, 5.74) is 2.84. The third-order valence-electron chi connectivity index (χ3n) is 1.77. The van der Waals surface area contributed by atoms with Crippen molar-refractivity contribution >= 4 is 29.0 Å². The molecule has 0 fully saturated rings. The Hall–Kier alpha value is -1.73. The van der Waals surface area contributed by atoms with Gasteiger partial charge in [-0.15, -0.1) is 0 Å². The lowest BCUT2D eigenvalue weighted by molar-refractivity contribution is 0.0636. The van der Waals surface area contributed by atoms with E-state index in [0.717, 1.165) is 0 Å². The number of nitrogens with two attached hydrogens (primary N) is 1. The van der Waals surface area contributed by atoms with Crippen LogP contribution in [-0.2, 0) is 4.74 Å². The number of aromatic nitrogens is 1. The van der Waals surface area contributed by atoms with Gasteiger partial charge in [0.2, 0.25) is 0 Å². The topological polar surface area (TPSA) is 89.3 Å². The lowest BCUT2D eigenvalue weighted by Crippen LogP contribution is -2.30. The van der Waals surface area contributed by atoms with Gasteiger partial charge in [-0.3, -0.25) is 10.3 Å². The maximum atomic E-state index is 11.5. The summed E-state index contributed by atoms with van der Waals surface area (Å²) in [7, 11) is 0. The van der Waals surface area contributed by atoms with Crippen molar-refractivity contribution in [1.29, 1.82) is 0 Å². The highest BCUT2D eigenvalue weighted by Gasteiger charge is 2.16. The number of amides is 1. The third-order valence-corrected chi connectivity index (χ3v) is 2.10. The lowest BCUT2D eigenvalue weighted by atomic mass is 10.2. The summed E-state index contributed by atoms with van der Waals surface area (Å²) in [6, 6.07) is 3.31. The van der Waals surface area contributed by atoms with E-state index >= 15 is 0 Å². The smallest absolute Gasteiger partial charge is 0.412 e. The molecule has 0 spiro atoms. The number of pyridine rings is 1. The second-order valence-electron chi connectivity index (χ2n) is 4.53. The Morgan fingerprint density at radius 1 is 1.44 bits per heavy atom. The summed E-state index contributed by atoms with van der Waals surface area (Å²) in [5.74, 6) is 5.17. The highest BCUT2D eigenvalue weighted by atomic mass is 32.1. The van der Waals surface area contributed by atoms with E-state index in [-0.39, 0.29) is 0 Å². The van der Waals surface area contributed by atoms with Crippen LogP contribution in [0.5, 0.6) is 0 Å². The SMILES string of the molecule is CC(C)(C)OC(=O)Nc1ccc(C(=S)NN)nc1. The zero-order valence-corrected chi connectivity index (χ0v) is 11.3. The molecule has 1 aromatic rings. The van der Waals surface area contributed by atoms with E-state index < -0.39 is 11.7 Å². The van der Waals surface area contributed by atoms with Crippen LogP contribution in [0.15, 0.2) is 18.3 Å². The van der Waals surface area contributed by atoms with E-state index in [4.69, 9.17) is 22.8 Å². The van der Waals surface area contributed by atoms with Crippen LogP contribution in [-0.4, -0.2) is 21.7 Å². The standard InChI is InChI=1S/C11H16N4O2S/c1-11(2,3)17-10(16)14-7-4-5-8(13-6-7)9(18)15-12/h4-6H,12H2,1-3H3,(H,14,16)(H,15,18). The molecule has 0 saturated carbocycles. The monoisotopic (exact) mass is 268 g/mol. The molecule has 4 N–H and O–H groups in total. The summed E-state index contributed by atoms with van der Waals surface area (Å²) in [6.45, 7) is 5.37. The van der Waals surface area contributed by atoms with Crippen LogP contribution in [0.2, 0.25) is 0 Å². The predicted octanol–water partition coefficient (Wildman–Crippen LogP) is 1.57. The zero-order chi connectivity index (χ0) is 13.8. The highest BCUT2D eigenvalue weighted by Crippen LogP contribution is 2.11. The number of rotatable bonds is 2. The molecule has 7 heteroatoms. The first kappa shape index (κ1) is 14.3. The van der Waals surface area contributed by atoms with E-state index in [1.54, 1.807) is 32.9 Å². The highest BCUT2D eigenvalue weighted by molar-refractivity contribution is 7.80. The van der Waals surface area contributed by atoms with Gasteiger partial charge >= 0.3 is 6.09 Å². The largest absolute Gasteiger partial charge is 0.444 e. The van der Waals surface area contributed by atoms with E-state index in [1.165, 1.54) is 6.20 Å². The summed E-state index contributed by atoms with van der Waals surface area (Å²) < 4.78 is 5.10. The van der Waals surface area contributed by atoms with Gasteiger partial charge < -0.3 is 10.2 Å². The van der Waals surface area contributed by atoms with Crippen molar-refractivity contribution in [3.05, 3.63) is 24.0 Å². The first-order chi connectivity index (χ1) is 8.31. The molecule has 0 aliphatic carbocycles. The number of anilines is 1. The summed E-state index contributed by atoms with van der Waals surface area (Å²) >= 11 is 4.91. The maximum Gasteiger partial charge on any atom is 0.412 e. The molecular formula is C11H16N4O2S. The van der Waals surface area contributed by atoms with Crippen LogP contribution in [0.25, 0.3) is 0 Å². The molecule has 0 aliphatic heterocycles. The Morgan fingerprint density at radius 3 is 2.56 bits per heavy atom. The van der Waals surface area contributed by atoms with Gasteiger partial charge in [0.05, 0.1) is 17.6 Å². The van der Waals surface area contributed by atoms with Crippen LogP contribution in [0.1, 0.15) is 26.5 Å². The second-order valence-corrected chi connectivity index (χ2v) is 4.94. The average Bonchev–Trinajstić information content (AvgIpc) is 2.26. The van der Waals surface area contributed by atoms with Crippen molar-refractivity contribution in [2.45, 2.75) is 26.4 Å². The number of nitrogens with one attached hydrogen (secondary N) is 2. The Labute approximate surface area is 111 Å². The minimum Gasteiger partial charge on any atom is -0.444 e. The van der Waals surface area contributed by atoms with Crippen molar-refractivity contribution in [2.75, 3.05) is 5.32 Å². The van der Waals surface area contributed by atoms with Gasteiger partial charge in [-0.1, -0.05) is 12.2 Å². The van der Waals surface area contributed by atoms with Gasteiger partial charge in [0, 0.05) is 0 Å². The number of nitrogens with zero attached hydrogens (tertiary/aromatic N) is 1. The fourth-order valence-electron chi connectivity index (χ4n) is 1.10. The molecule has 98 valence electrons. The Balaban J connectivity index is 2.64. The van der Waals surface area contributed by atoms with Crippen molar-refractivity contribution in [3.63, 3.8) is 0 Å². The number of ether oxygens (including phenoxy) is 1. The van der Waals surface area contributed by atoms with Crippen LogP contribution in [0, 0.1) is 0 Å². The molecular weight excluding hydrogens is 252 g/mol. The van der Waals surface area contributed by atoms with Crippen molar-refractivity contribution in [3.8, 4) is 0 Å². The van der Waals surface area contributed by atoms with Crippen molar-refractivity contribution in [1.82, 2.24) is 10.4 Å².